The Morgan fingerprint density at radius 1 is 1.13 bits per heavy atom. The molecule has 154 valence electrons. The van der Waals surface area contributed by atoms with Gasteiger partial charge >= 0.3 is 0 Å². The van der Waals surface area contributed by atoms with Gasteiger partial charge in [-0.25, -0.2) is 4.90 Å². The lowest BCUT2D eigenvalue weighted by Crippen LogP contribution is -2.40. The molecule has 0 saturated carbocycles. The SMILES string of the molecule is COc1ccc(OC)c(C2=NOC3(CC(=O)N(c4cccc([N+](=O)[O-])c4)C3=O)C2)c1. The first-order chi connectivity index (χ1) is 14.4. The van der Waals surface area contributed by atoms with Crippen molar-refractivity contribution >= 4 is 28.9 Å². The standard InChI is InChI=1S/C20H17N3O7/c1-28-14-6-7-17(29-2)15(9-14)16-10-20(30-21-16)11-18(24)22(19(20)25)12-4-3-5-13(8-12)23(26)27/h3-9H,10-11H2,1-2H3. The van der Waals surface area contributed by atoms with E-state index >= 15 is 0 Å². The molecule has 10 nitrogen and oxygen atoms in total. The number of hydrogen-bond donors (Lipinski definition) is 0. The third kappa shape index (κ3) is 3.02. The molecule has 0 radical (unpaired) electrons. The number of hydrogen-bond acceptors (Lipinski definition) is 8. The number of non-ortho nitro benzene ring substituents is 1. The third-order valence-corrected chi connectivity index (χ3v) is 5.08. The molecule has 1 atom stereocenters. The van der Waals surface area contributed by atoms with Crippen LogP contribution in [0.15, 0.2) is 47.6 Å². The minimum absolute atomic E-state index is 0.0481. The van der Waals surface area contributed by atoms with Crippen molar-refractivity contribution in [3.63, 3.8) is 0 Å². The fourth-order valence-electron chi connectivity index (χ4n) is 3.59. The molecule has 4 rings (SSSR count). The fraction of sp³-hybridized carbons (Fsp3) is 0.250. The van der Waals surface area contributed by atoms with Gasteiger partial charge in [-0.1, -0.05) is 11.2 Å². The molecule has 0 aromatic heterocycles. The minimum Gasteiger partial charge on any atom is -0.497 e. The van der Waals surface area contributed by atoms with Crippen molar-refractivity contribution in [2.75, 3.05) is 19.1 Å². The second-order valence-electron chi connectivity index (χ2n) is 6.85. The predicted molar refractivity (Wildman–Crippen MR) is 105 cm³/mol. The molecule has 2 amide bonds. The normalized spacial score (nSPS) is 20.3. The topological polar surface area (TPSA) is 121 Å². The van der Waals surface area contributed by atoms with Gasteiger partial charge in [-0.2, -0.15) is 0 Å². The molecule has 1 fully saturated rings. The number of nitro benzene ring substituents is 1. The van der Waals surface area contributed by atoms with Crippen LogP contribution in [0, 0.1) is 10.1 Å². The van der Waals surface area contributed by atoms with Crippen LogP contribution in [0.5, 0.6) is 11.5 Å². The zero-order valence-corrected chi connectivity index (χ0v) is 16.2. The van der Waals surface area contributed by atoms with Crippen LogP contribution in [0.2, 0.25) is 0 Å². The van der Waals surface area contributed by atoms with Crippen molar-refractivity contribution in [2.24, 2.45) is 5.16 Å². The molecular weight excluding hydrogens is 394 g/mol. The number of methoxy groups -OCH3 is 2. The summed E-state index contributed by atoms with van der Waals surface area (Å²) in [6, 6.07) is 10.5. The summed E-state index contributed by atoms with van der Waals surface area (Å²) in [6.45, 7) is 0. The minimum atomic E-state index is -1.49. The van der Waals surface area contributed by atoms with E-state index in [1.54, 1.807) is 18.2 Å². The first-order valence-corrected chi connectivity index (χ1v) is 8.98. The maximum absolute atomic E-state index is 13.2. The predicted octanol–water partition coefficient (Wildman–Crippen LogP) is 2.44. The van der Waals surface area contributed by atoms with E-state index in [1.807, 2.05) is 0 Å². The Balaban J connectivity index is 1.64. The Morgan fingerprint density at radius 2 is 1.93 bits per heavy atom. The largest absolute Gasteiger partial charge is 0.497 e. The van der Waals surface area contributed by atoms with Gasteiger partial charge in [0.15, 0.2) is 0 Å². The van der Waals surface area contributed by atoms with E-state index in [0.29, 0.717) is 22.8 Å². The number of ether oxygens (including phenoxy) is 2. The molecule has 1 unspecified atom stereocenters. The fourth-order valence-corrected chi connectivity index (χ4v) is 3.59. The van der Waals surface area contributed by atoms with Gasteiger partial charge in [-0.3, -0.25) is 19.7 Å². The molecular formula is C20H17N3O7. The van der Waals surface area contributed by atoms with Crippen molar-refractivity contribution in [3.8, 4) is 11.5 Å². The monoisotopic (exact) mass is 411 g/mol. The number of imide groups is 1. The van der Waals surface area contributed by atoms with Gasteiger partial charge in [-0.15, -0.1) is 0 Å². The molecule has 1 spiro atoms. The average Bonchev–Trinajstić information content (AvgIpc) is 3.28. The Kier molecular flexibility index (Phi) is 4.61. The highest BCUT2D eigenvalue weighted by atomic mass is 16.7. The van der Waals surface area contributed by atoms with Gasteiger partial charge in [-0.05, 0) is 24.3 Å². The number of anilines is 1. The van der Waals surface area contributed by atoms with Crippen molar-refractivity contribution in [1.29, 1.82) is 0 Å². The zero-order valence-electron chi connectivity index (χ0n) is 16.2. The maximum atomic E-state index is 13.2. The summed E-state index contributed by atoms with van der Waals surface area (Å²) in [4.78, 5) is 42.7. The Morgan fingerprint density at radius 3 is 2.63 bits per heavy atom. The van der Waals surface area contributed by atoms with Gasteiger partial charge in [0.1, 0.15) is 11.5 Å². The summed E-state index contributed by atoms with van der Waals surface area (Å²) in [6.07, 6.45) is -0.180. The number of carbonyl (C=O) groups is 2. The zero-order chi connectivity index (χ0) is 21.5. The Bertz CT molecular complexity index is 1100. The van der Waals surface area contributed by atoms with E-state index in [4.69, 9.17) is 14.3 Å². The first-order valence-electron chi connectivity index (χ1n) is 8.98. The lowest BCUT2D eigenvalue weighted by atomic mass is 9.92. The van der Waals surface area contributed by atoms with Gasteiger partial charge in [0, 0.05) is 24.1 Å². The van der Waals surface area contributed by atoms with Gasteiger partial charge < -0.3 is 14.3 Å². The quantitative estimate of drug-likeness (QED) is 0.421. The summed E-state index contributed by atoms with van der Waals surface area (Å²) < 4.78 is 10.6. The molecule has 30 heavy (non-hydrogen) atoms. The molecule has 10 heteroatoms. The summed E-state index contributed by atoms with van der Waals surface area (Å²) in [5.74, 6) is -0.0489. The van der Waals surface area contributed by atoms with E-state index in [1.165, 1.54) is 38.5 Å². The number of benzene rings is 2. The Labute approximate surface area is 170 Å². The number of carbonyl (C=O) groups excluding carboxylic acids is 2. The van der Waals surface area contributed by atoms with Crippen LogP contribution in [0.3, 0.4) is 0 Å². The van der Waals surface area contributed by atoms with Crippen LogP contribution >= 0.6 is 0 Å². The number of amides is 2. The summed E-state index contributed by atoms with van der Waals surface area (Å²) in [7, 11) is 3.03. The van der Waals surface area contributed by atoms with Crippen LogP contribution < -0.4 is 14.4 Å². The van der Waals surface area contributed by atoms with Crippen LogP contribution in [0.4, 0.5) is 11.4 Å². The average molecular weight is 411 g/mol. The van der Waals surface area contributed by atoms with E-state index in [-0.39, 0.29) is 24.2 Å². The summed E-state index contributed by atoms with van der Waals surface area (Å²) >= 11 is 0. The van der Waals surface area contributed by atoms with Gasteiger partial charge in [0.2, 0.25) is 11.5 Å². The molecule has 1 saturated heterocycles. The molecule has 2 aliphatic heterocycles. The van der Waals surface area contributed by atoms with E-state index in [2.05, 4.69) is 5.16 Å². The lowest BCUT2D eigenvalue weighted by molar-refractivity contribution is -0.384. The second kappa shape index (κ2) is 7.14. The van der Waals surface area contributed by atoms with E-state index in [9.17, 15) is 19.7 Å². The van der Waals surface area contributed by atoms with Crippen molar-refractivity contribution in [1.82, 2.24) is 0 Å². The molecule has 0 bridgehead atoms. The summed E-state index contributed by atoms with van der Waals surface area (Å²) in [5.41, 5.74) is -0.576. The Hall–Kier alpha value is -3.95. The lowest BCUT2D eigenvalue weighted by Gasteiger charge is -2.19. The first kappa shape index (κ1) is 19.4. The molecule has 2 heterocycles. The van der Waals surface area contributed by atoms with Crippen molar-refractivity contribution < 1.29 is 28.8 Å². The van der Waals surface area contributed by atoms with Gasteiger partial charge in [0.25, 0.3) is 11.6 Å². The molecule has 0 N–H and O–H groups in total. The van der Waals surface area contributed by atoms with Crippen LogP contribution in [-0.4, -0.2) is 42.3 Å². The maximum Gasteiger partial charge on any atom is 0.281 e. The van der Waals surface area contributed by atoms with Gasteiger partial charge in [0.05, 0.1) is 37.0 Å². The molecule has 2 aliphatic rings. The highest BCUT2D eigenvalue weighted by molar-refractivity contribution is 6.26. The van der Waals surface area contributed by atoms with Crippen molar-refractivity contribution in [3.05, 3.63) is 58.1 Å². The molecule has 2 aromatic rings. The van der Waals surface area contributed by atoms with E-state index in [0.717, 1.165) is 4.90 Å². The molecule has 2 aromatic carbocycles. The number of rotatable bonds is 5. The number of oxime groups is 1. The van der Waals surface area contributed by atoms with Crippen LogP contribution in [0.25, 0.3) is 0 Å². The smallest absolute Gasteiger partial charge is 0.281 e. The number of nitrogens with zero attached hydrogens (tertiary/aromatic N) is 3. The van der Waals surface area contributed by atoms with Crippen molar-refractivity contribution in [2.45, 2.75) is 18.4 Å². The third-order valence-electron chi connectivity index (χ3n) is 5.08. The van der Waals surface area contributed by atoms with E-state index < -0.39 is 22.3 Å². The second-order valence-corrected chi connectivity index (χ2v) is 6.85. The highest BCUT2D eigenvalue weighted by Gasteiger charge is 2.58. The molecule has 0 aliphatic carbocycles. The van der Waals surface area contributed by atoms with Crippen LogP contribution in [-0.2, 0) is 14.4 Å². The number of nitro groups is 1. The van der Waals surface area contributed by atoms with Crippen LogP contribution in [0.1, 0.15) is 18.4 Å². The highest BCUT2D eigenvalue weighted by Crippen LogP contribution is 2.41. The summed E-state index contributed by atoms with van der Waals surface area (Å²) in [5, 5.41) is 15.1.